The molecule has 3 aromatic rings. The molecular weight excluding hydrogens is 286 g/mol. The zero-order chi connectivity index (χ0) is 16.2. The van der Waals surface area contributed by atoms with Crippen LogP contribution < -0.4 is 10.5 Å². The third-order valence-corrected chi connectivity index (χ3v) is 3.47. The second kappa shape index (κ2) is 6.57. The van der Waals surface area contributed by atoms with Gasteiger partial charge in [-0.2, -0.15) is 5.10 Å². The quantitative estimate of drug-likeness (QED) is 0.770. The van der Waals surface area contributed by atoms with Crippen molar-refractivity contribution in [2.45, 2.75) is 13.8 Å². The van der Waals surface area contributed by atoms with Crippen LogP contribution in [0.1, 0.15) is 13.8 Å². The van der Waals surface area contributed by atoms with E-state index in [4.69, 9.17) is 10.5 Å². The van der Waals surface area contributed by atoms with E-state index in [2.05, 4.69) is 18.9 Å². The summed E-state index contributed by atoms with van der Waals surface area (Å²) in [6, 6.07) is 19.7. The fourth-order valence-corrected chi connectivity index (χ4v) is 2.30. The molecule has 0 amide bonds. The second-order valence-electron chi connectivity index (χ2n) is 5.93. The molecule has 0 radical (unpaired) electrons. The molecule has 0 aliphatic heterocycles. The van der Waals surface area contributed by atoms with E-state index in [9.17, 15) is 0 Å². The molecule has 3 rings (SSSR count). The van der Waals surface area contributed by atoms with Gasteiger partial charge in [-0.1, -0.05) is 32.0 Å². The highest BCUT2D eigenvalue weighted by Crippen LogP contribution is 2.25. The van der Waals surface area contributed by atoms with Gasteiger partial charge in [0.05, 0.1) is 18.0 Å². The number of nitrogen functional groups attached to an aromatic ring is 1. The highest BCUT2D eigenvalue weighted by molar-refractivity contribution is 5.64. The van der Waals surface area contributed by atoms with Crippen molar-refractivity contribution in [2.75, 3.05) is 12.3 Å². The van der Waals surface area contributed by atoms with E-state index in [1.165, 1.54) is 0 Å². The lowest BCUT2D eigenvalue weighted by atomic mass is 10.1. The number of rotatable bonds is 5. The van der Waals surface area contributed by atoms with Crippen molar-refractivity contribution in [1.29, 1.82) is 0 Å². The van der Waals surface area contributed by atoms with Gasteiger partial charge in [-0.3, -0.25) is 0 Å². The Hall–Kier alpha value is -2.75. The van der Waals surface area contributed by atoms with Crippen LogP contribution in [0.15, 0.2) is 60.7 Å². The Morgan fingerprint density at radius 1 is 1.04 bits per heavy atom. The Morgan fingerprint density at radius 2 is 1.74 bits per heavy atom. The van der Waals surface area contributed by atoms with Gasteiger partial charge in [0.25, 0.3) is 0 Å². The lowest BCUT2D eigenvalue weighted by Crippen LogP contribution is -2.04. The molecule has 118 valence electrons. The molecule has 23 heavy (non-hydrogen) atoms. The zero-order valence-corrected chi connectivity index (χ0v) is 13.4. The lowest BCUT2D eigenvalue weighted by molar-refractivity contribution is 0.271. The summed E-state index contributed by atoms with van der Waals surface area (Å²) in [5.41, 5.74) is 8.92. The predicted octanol–water partition coefficient (Wildman–Crippen LogP) is 4.16. The molecule has 0 saturated carbocycles. The smallest absolute Gasteiger partial charge is 0.127 e. The van der Waals surface area contributed by atoms with Crippen molar-refractivity contribution in [1.82, 2.24) is 9.78 Å². The summed E-state index contributed by atoms with van der Waals surface area (Å²) >= 11 is 0. The monoisotopic (exact) mass is 307 g/mol. The van der Waals surface area contributed by atoms with E-state index < -0.39 is 0 Å². The van der Waals surface area contributed by atoms with Gasteiger partial charge in [-0.15, -0.1) is 0 Å². The van der Waals surface area contributed by atoms with E-state index in [0.29, 0.717) is 11.7 Å². The number of hydrogen-bond acceptors (Lipinski definition) is 3. The van der Waals surface area contributed by atoms with Gasteiger partial charge >= 0.3 is 0 Å². The molecule has 0 fully saturated rings. The highest BCUT2D eigenvalue weighted by atomic mass is 16.5. The van der Waals surface area contributed by atoms with Crippen LogP contribution in [0.2, 0.25) is 0 Å². The number of hydrogen-bond donors (Lipinski definition) is 1. The van der Waals surface area contributed by atoms with Crippen molar-refractivity contribution in [3.8, 4) is 22.7 Å². The van der Waals surface area contributed by atoms with Crippen molar-refractivity contribution < 1.29 is 4.74 Å². The fourth-order valence-electron chi connectivity index (χ4n) is 2.30. The number of nitrogens with two attached hydrogens (primary N) is 1. The van der Waals surface area contributed by atoms with E-state index in [1.54, 1.807) is 4.68 Å². The minimum absolute atomic E-state index is 0.510. The minimum atomic E-state index is 0.510. The standard InChI is InChI=1S/C19H21N3O/c1-14(2)13-23-17-10-8-15(9-11-17)18-12-19(20)22(21-18)16-6-4-3-5-7-16/h3-12,14H,13,20H2,1-2H3. The summed E-state index contributed by atoms with van der Waals surface area (Å²) in [4.78, 5) is 0. The Morgan fingerprint density at radius 3 is 2.39 bits per heavy atom. The topological polar surface area (TPSA) is 53.1 Å². The van der Waals surface area contributed by atoms with Crippen LogP contribution in [-0.4, -0.2) is 16.4 Å². The van der Waals surface area contributed by atoms with E-state index in [0.717, 1.165) is 29.3 Å². The number of nitrogens with zero attached hydrogens (tertiary/aromatic N) is 2. The Balaban J connectivity index is 1.82. The number of anilines is 1. The van der Waals surface area contributed by atoms with E-state index in [-0.39, 0.29) is 0 Å². The molecule has 0 unspecified atom stereocenters. The second-order valence-corrected chi connectivity index (χ2v) is 5.93. The summed E-state index contributed by atoms with van der Waals surface area (Å²) in [5, 5.41) is 4.61. The summed E-state index contributed by atoms with van der Waals surface area (Å²) in [7, 11) is 0. The summed E-state index contributed by atoms with van der Waals surface area (Å²) in [5.74, 6) is 2.00. The Labute approximate surface area is 136 Å². The molecule has 1 aromatic heterocycles. The molecule has 0 aliphatic carbocycles. The Kier molecular flexibility index (Phi) is 4.33. The van der Waals surface area contributed by atoms with Crippen LogP contribution in [0.25, 0.3) is 16.9 Å². The molecular formula is C19H21N3O. The molecule has 0 saturated heterocycles. The lowest BCUT2D eigenvalue weighted by Gasteiger charge is -2.08. The maximum Gasteiger partial charge on any atom is 0.127 e. The van der Waals surface area contributed by atoms with Crippen LogP contribution in [0.4, 0.5) is 5.82 Å². The van der Waals surface area contributed by atoms with Crippen molar-refractivity contribution in [2.24, 2.45) is 5.92 Å². The molecule has 0 aliphatic rings. The first-order chi connectivity index (χ1) is 11.1. The Bertz CT molecular complexity index is 761. The predicted molar refractivity (Wildman–Crippen MR) is 93.7 cm³/mol. The van der Waals surface area contributed by atoms with Crippen molar-refractivity contribution >= 4 is 5.82 Å². The maximum atomic E-state index is 6.10. The SMILES string of the molecule is CC(C)COc1ccc(-c2cc(N)n(-c3ccccc3)n2)cc1. The molecule has 4 nitrogen and oxygen atoms in total. The first-order valence-electron chi connectivity index (χ1n) is 7.77. The zero-order valence-electron chi connectivity index (χ0n) is 13.4. The normalized spacial score (nSPS) is 10.9. The average Bonchev–Trinajstić information content (AvgIpc) is 2.96. The van der Waals surface area contributed by atoms with Crippen molar-refractivity contribution in [3.63, 3.8) is 0 Å². The molecule has 0 bridgehead atoms. The molecule has 0 atom stereocenters. The van der Waals surface area contributed by atoms with E-state index in [1.807, 2.05) is 60.7 Å². The molecule has 0 spiro atoms. The van der Waals surface area contributed by atoms with Crippen LogP contribution in [0.5, 0.6) is 5.75 Å². The van der Waals surface area contributed by atoms with Gasteiger partial charge in [0.15, 0.2) is 0 Å². The maximum absolute atomic E-state index is 6.10. The fraction of sp³-hybridized carbons (Fsp3) is 0.211. The summed E-state index contributed by atoms with van der Waals surface area (Å²) < 4.78 is 7.45. The van der Waals surface area contributed by atoms with Crippen LogP contribution >= 0.6 is 0 Å². The highest BCUT2D eigenvalue weighted by Gasteiger charge is 2.09. The first kappa shape index (κ1) is 15.2. The van der Waals surface area contributed by atoms with Gasteiger partial charge in [0, 0.05) is 11.6 Å². The van der Waals surface area contributed by atoms with Crippen LogP contribution in [-0.2, 0) is 0 Å². The minimum Gasteiger partial charge on any atom is -0.493 e. The first-order valence-corrected chi connectivity index (χ1v) is 7.77. The van der Waals surface area contributed by atoms with Gasteiger partial charge in [0.1, 0.15) is 11.6 Å². The number of ether oxygens (including phenoxy) is 1. The summed E-state index contributed by atoms with van der Waals surface area (Å²) in [6.07, 6.45) is 0. The largest absolute Gasteiger partial charge is 0.493 e. The van der Waals surface area contributed by atoms with Gasteiger partial charge in [-0.25, -0.2) is 4.68 Å². The van der Waals surface area contributed by atoms with Crippen LogP contribution in [0, 0.1) is 5.92 Å². The van der Waals surface area contributed by atoms with E-state index >= 15 is 0 Å². The van der Waals surface area contributed by atoms with Gasteiger partial charge in [0.2, 0.25) is 0 Å². The van der Waals surface area contributed by atoms with Crippen LogP contribution in [0.3, 0.4) is 0 Å². The molecule has 4 heteroatoms. The molecule has 2 aromatic carbocycles. The summed E-state index contributed by atoms with van der Waals surface area (Å²) in [6.45, 7) is 4.98. The molecule has 1 heterocycles. The number of benzene rings is 2. The van der Waals surface area contributed by atoms with Gasteiger partial charge < -0.3 is 10.5 Å². The third kappa shape index (κ3) is 3.54. The third-order valence-electron chi connectivity index (χ3n) is 3.47. The number of para-hydroxylation sites is 1. The van der Waals surface area contributed by atoms with Gasteiger partial charge in [-0.05, 0) is 42.3 Å². The molecule has 2 N–H and O–H groups in total. The van der Waals surface area contributed by atoms with Crippen molar-refractivity contribution in [3.05, 3.63) is 60.7 Å². The number of aromatic nitrogens is 2. The average molecular weight is 307 g/mol.